The highest BCUT2D eigenvalue weighted by Gasteiger charge is 2.09. The third-order valence-corrected chi connectivity index (χ3v) is 3.39. The first-order chi connectivity index (χ1) is 9.61. The quantitative estimate of drug-likeness (QED) is 0.890. The van der Waals surface area contributed by atoms with E-state index in [2.05, 4.69) is 29.7 Å². The average Bonchev–Trinajstić information content (AvgIpc) is 2.49. The van der Waals surface area contributed by atoms with E-state index in [0.29, 0.717) is 5.56 Å². The van der Waals surface area contributed by atoms with Gasteiger partial charge in [-0.3, -0.25) is 4.79 Å². The van der Waals surface area contributed by atoms with Crippen molar-refractivity contribution in [3.63, 3.8) is 0 Å². The molecule has 0 aliphatic carbocycles. The molecular weight excluding hydrogens is 248 g/mol. The number of aryl methyl sites for hydroxylation is 1. The van der Waals surface area contributed by atoms with Gasteiger partial charge in [0, 0.05) is 24.3 Å². The van der Waals surface area contributed by atoms with E-state index in [1.807, 2.05) is 43.3 Å². The summed E-state index contributed by atoms with van der Waals surface area (Å²) in [6, 6.07) is 16.2. The van der Waals surface area contributed by atoms with E-state index < -0.39 is 0 Å². The zero-order valence-electron chi connectivity index (χ0n) is 12.1. The lowest BCUT2D eigenvalue weighted by molar-refractivity contribution is 0.0963. The number of carbonyl (C=O) groups excluding carboxylic acids is 1. The molecule has 0 fully saturated rings. The predicted octanol–water partition coefficient (Wildman–Crippen LogP) is 3.53. The number of anilines is 1. The van der Waals surface area contributed by atoms with E-state index in [1.165, 1.54) is 5.56 Å². The van der Waals surface area contributed by atoms with Gasteiger partial charge >= 0.3 is 0 Å². The van der Waals surface area contributed by atoms with Gasteiger partial charge in [-0.25, -0.2) is 0 Å². The topological polar surface area (TPSA) is 41.1 Å². The molecule has 0 saturated carbocycles. The standard InChI is InChI=1S/C17H20N2O/c1-12-11-15(17(20)18-3)9-10-16(12)19-13(2)14-7-5-4-6-8-14/h4-11,13,19H,1-3H3,(H,18,20). The van der Waals surface area contributed by atoms with Crippen LogP contribution in [0, 0.1) is 6.92 Å². The lowest BCUT2D eigenvalue weighted by atomic mass is 10.1. The molecule has 2 N–H and O–H groups in total. The van der Waals surface area contributed by atoms with Crippen LogP contribution >= 0.6 is 0 Å². The van der Waals surface area contributed by atoms with Gasteiger partial charge in [0.2, 0.25) is 0 Å². The minimum atomic E-state index is -0.0595. The minimum absolute atomic E-state index is 0.0595. The summed E-state index contributed by atoms with van der Waals surface area (Å²) in [5.41, 5.74) is 4.04. The molecule has 2 aromatic carbocycles. The Bertz CT molecular complexity index is 593. The molecule has 3 heteroatoms. The molecule has 2 rings (SSSR count). The zero-order chi connectivity index (χ0) is 14.5. The highest BCUT2D eigenvalue weighted by Crippen LogP contribution is 2.22. The molecule has 0 heterocycles. The Kier molecular flexibility index (Phi) is 4.41. The Balaban J connectivity index is 2.16. The maximum absolute atomic E-state index is 11.6. The molecule has 0 saturated heterocycles. The molecule has 1 atom stereocenters. The molecule has 0 bridgehead atoms. The fraction of sp³-hybridized carbons (Fsp3) is 0.235. The van der Waals surface area contributed by atoms with Crippen molar-refractivity contribution < 1.29 is 4.79 Å². The third-order valence-electron chi connectivity index (χ3n) is 3.39. The fourth-order valence-electron chi connectivity index (χ4n) is 2.17. The van der Waals surface area contributed by atoms with Crippen molar-refractivity contribution in [1.29, 1.82) is 0 Å². The molecule has 1 amide bonds. The summed E-state index contributed by atoms with van der Waals surface area (Å²) in [6.07, 6.45) is 0. The molecule has 0 aliphatic heterocycles. The number of nitrogens with one attached hydrogen (secondary N) is 2. The molecule has 0 radical (unpaired) electrons. The summed E-state index contributed by atoms with van der Waals surface area (Å²) in [6.45, 7) is 4.13. The summed E-state index contributed by atoms with van der Waals surface area (Å²) < 4.78 is 0. The molecule has 20 heavy (non-hydrogen) atoms. The maximum atomic E-state index is 11.6. The smallest absolute Gasteiger partial charge is 0.251 e. The van der Waals surface area contributed by atoms with Gasteiger partial charge in [-0.2, -0.15) is 0 Å². The van der Waals surface area contributed by atoms with E-state index in [0.717, 1.165) is 11.3 Å². The van der Waals surface area contributed by atoms with Gasteiger partial charge in [0.25, 0.3) is 5.91 Å². The van der Waals surface area contributed by atoms with E-state index in [9.17, 15) is 4.79 Å². The van der Waals surface area contributed by atoms with Gasteiger partial charge in [0.05, 0.1) is 0 Å². The van der Waals surface area contributed by atoms with Crippen molar-refractivity contribution in [2.75, 3.05) is 12.4 Å². The molecule has 2 aromatic rings. The normalized spacial score (nSPS) is 11.8. The van der Waals surface area contributed by atoms with Crippen LogP contribution in [-0.4, -0.2) is 13.0 Å². The summed E-state index contributed by atoms with van der Waals surface area (Å²) in [7, 11) is 1.64. The van der Waals surface area contributed by atoms with Crippen molar-refractivity contribution in [3.05, 3.63) is 65.2 Å². The van der Waals surface area contributed by atoms with E-state index in [1.54, 1.807) is 7.05 Å². The first-order valence-electron chi connectivity index (χ1n) is 6.76. The number of hydrogen-bond donors (Lipinski definition) is 2. The SMILES string of the molecule is CNC(=O)c1ccc(NC(C)c2ccccc2)c(C)c1. The summed E-state index contributed by atoms with van der Waals surface area (Å²) in [4.78, 5) is 11.6. The lowest BCUT2D eigenvalue weighted by Gasteiger charge is -2.18. The van der Waals surface area contributed by atoms with Crippen LogP contribution in [0.3, 0.4) is 0 Å². The van der Waals surface area contributed by atoms with E-state index in [4.69, 9.17) is 0 Å². The average molecular weight is 268 g/mol. The van der Waals surface area contributed by atoms with E-state index in [-0.39, 0.29) is 11.9 Å². The fourth-order valence-corrected chi connectivity index (χ4v) is 2.17. The molecular formula is C17H20N2O. The largest absolute Gasteiger partial charge is 0.378 e. The summed E-state index contributed by atoms with van der Waals surface area (Å²) in [5.74, 6) is -0.0595. The second-order valence-electron chi connectivity index (χ2n) is 4.89. The first kappa shape index (κ1) is 14.1. The van der Waals surface area contributed by atoms with Gasteiger partial charge in [-0.05, 0) is 43.2 Å². The van der Waals surface area contributed by atoms with Gasteiger partial charge in [-0.15, -0.1) is 0 Å². The van der Waals surface area contributed by atoms with Crippen molar-refractivity contribution in [2.24, 2.45) is 0 Å². The Morgan fingerprint density at radius 2 is 1.80 bits per heavy atom. The van der Waals surface area contributed by atoms with Crippen LogP contribution in [0.2, 0.25) is 0 Å². The number of benzene rings is 2. The summed E-state index contributed by atoms with van der Waals surface area (Å²) in [5, 5.41) is 6.11. The van der Waals surface area contributed by atoms with Crippen molar-refractivity contribution >= 4 is 11.6 Å². The Morgan fingerprint density at radius 3 is 2.40 bits per heavy atom. The first-order valence-corrected chi connectivity index (χ1v) is 6.76. The van der Waals surface area contributed by atoms with Gasteiger partial charge < -0.3 is 10.6 Å². The summed E-state index contributed by atoms with van der Waals surface area (Å²) >= 11 is 0. The minimum Gasteiger partial charge on any atom is -0.378 e. The molecule has 0 aromatic heterocycles. The number of hydrogen-bond acceptors (Lipinski definition) is 2. The van der Waals surface area contributed by atoms with Gasteiger partial charge in [-0.1, -0.05) is 30.3 Å². The van der Waals surface area contributed by atoms with Crippen LogP contribution in [-0.2, 0) is 0 Å². The highest BCUT2D eigenvalue weighted by molar-refractivity contribution is 5.94. The van der Waals surface area contributed by atoms with Crippen molar-refractivity contribution in [1.82, 2.24) is 5.32 Å². The number of amides is 1. The molecule has 3 nitrogen and oxygen atoms in total. The van der Waals surface area contributed by atoms with E-state index >= 15 is 0 Å². The second kappa shape index (κ2) is 6.24. The van der Waals surface area contributed by atoms with Crippen LogP contribution < -0.4 is 10.6 Å². The Morgan fingerprint density at radius 1 is 1.10 bits per heavy atom. The molecule has 104 valence electrons. The van der Waals surface area contributed by atoms with Crippen LogP contribution in [0.15, 0.2) is 48.5 Å². The molecule has 0 aliphatic rings. The highest BCUT2D eigenvalue weighted by atomic mass is 16.1. The van der Waals surface area contributed by atoms with Crippen molar-refractivity contribution in [3.8, 4) is 0 Å². The molecule has 1 unspecified atom stereocenters. The lowest BCUT2D eigenvalue weighted by Crippen LogP contribution is -2.18. The molecule has 0 spiro atoms. The second-order valence-corrected chi connectivity index (χ2v) is 4.89. The van der Waals surface area contributed by atoms with Gasteiger partial charge in [0.1, 0.15) is 0 Å². The van der Waals surface area contributed by atoms with Crippen LogP contribution in [0.1, 0.15) is 34.5 Å². The van der Waals surface area contributed by atoms with Gasteiger partial charge in [0.15, 0.2) is 0 Å². The Hall–Kier alpha value is -2.29. The van der Waals surface area contributed by atoms with Crippen LogP contribution in [0.4, 0.5) is 5.69 Å². The van der Waals surface area contributed by atoms with Crippen LogP contribution in [0.25, 0.3) is 0 Å². The monoisotopic (exact) mass is 268 g/mol. The number of rotatable bonds is 4. The third kappa shape index (κ3) is 3.18. The Labute approximate surface area is 120 Å². The zero-order valence-corrected chi connectivity index (χ0v) is 12.1. The predicted molar refractivity (Wildman–Crippen MR) is 83.0 cm³/mol. The van der Waals surface area contributed by atoms with Crippen molar-refractivity contribution in [2.45, 2.75) is 19.9 Å². The number of carbonyl (C=O) groups is 1. The van der Waals surface area contributed by atoms with Crippen LogP contribution in [0.5, 0.6) is 0 Å². The maximum Gasteiger partial charge on any atom is 0.251 e.